The second kappa shape index (κ2) is 11.7. The second-order valence-electron chi connectivity index (χ2n) is 6.66. The Bertz CT molecular complexity index is 853. The summed E-state index contributed by atoms with van der Waals surface area (Å²) >= 11 is 3.43. The number of carbonyl (C=O) groups excluding carboxylic acids is 1. The minimum Gasteiger partial charge on any atom is -0.491 e. The molecule has 0 amide bonds. The quantitative estimate of drug-likeness (QED) is 0.174. The third-order valence-corrected chi connectivity index (χ3v) is 5.15. The minimum atomic E-state index is -0.658. The van der Waals surface area contributed by atoms with Crippen LogP contribution in [0.5, 0.6) is 11.5 Å². The van der Waals surface area contributed by atoms with Crippen LogP contribution < -0.4 is 9.47 Å². The van der Waals surface area contributed by atoms with Crippen molar-refractivity contribution in [2.45, 2.75) is 46.5 Å². The minimum absolute atomic E-state index is 0.0834. The summed E-state index contributed by atoms with van der Waals surface area (Å²) in [5.41, 5.74) is 0.541. The van der Waals surface area contributed by atoms with Gasteiger partial charge < -0.3 is 9.47 Å². The second-order valence-corrected chi connectivity index (χ2v) is 7.46. The summed E-state index contributed by atoms with van der Waals surface area (Å²) in [5.74, 6) is -0.498. The summed E-state index contributed by atoms with van der Waals surface area (Å²) in [6.07, 6.45) is 5.19. The van der Waals surface area contributed by atoms with Gasteiger partial charge in [0.15, 0.2) is 0 Å². The van der Waals surface area contributed by atoms with Gasteiger partial charge in [0.05, 0.1) is 11.1 Å². The zero-order chi connectivity index (χ0) is 21.2. The maximum atomic E-state index is 15.1. The van der Waals surface area contributed by atoms with Crippen LogP contribution in [0, 0.1) is 12.7 Å². The van der Waals surface area contributed by atoms with Crippen LogP contribution >= 0.6 is 15.9 Å². The number of aliphatic imine (C=N–C) groups is 1. The third-order valence-electron chi connectivity index (χ3n) is 4.37. The van der Waals surface area contributed by atoms with E-state index in [0.29, 0.717) is 23.4 Å². The molecule has 6 heteroatoms. The standard InChI is InChI=1S/C23H27BrFNO3/c1-4-6-13-26-15-18-20(24)22(28-14-7-5-2)19(16(3)21(18)25)23(27)29-17-11-9-8-10-12-17/h8-12,15H,4-7,13-14H2,1-3H3. The van der Waals surface area contributed by atoms with Gasteiger partial charge in [-0.2, -0.15) is 0 Å². The number of nitrogens with zero attached hydrogens (tertiary/aromatic N) is 1. The molecule has 2 aromatic carbocycles. The molecule has 29 heavy (non-hydrogen) atoms. The van der Waals surface area contributed by atoms with Gasteiger partial charge in [0.25, 0.3) is 0 Å². The third kappa shape index (κ3) is 6.13. The van der Waals surface area contributed by atoms with Crippen LogP contribution in [0.4, 0.5) is 4.39 Å². The number of halogens is 2. The number of unbranched alkanes of at least 4 members (excludes halogenated alkanes) is 2. The van der Waals surface area contributed by atoms with Crippen LogP contribution in [0.1, 0.15) is 61.0 Å². The van der Waals surface area contributed by atoms with Gasteiger partial charge in [0.2, 0.25) is 0 Å². The summed E-state index contributed by atoms with van der Waals surface area (Å²) in [6, 6.07) is 8.70. The Morgan fingerprint density at radius 3 is 2.52 bits per heavy atom. The van der Waals surface area contributed by atoms with E-state index in [0.717, 1.165) is 25.7 Å². The van der Waals surface area contributed by atoms with Crippen molar-refractivity contribution in [3.8, 4) is 11.5 Å². The van der Waals surface area contributed by atoms with Crippen molar-refractivity contribution in [1.82, 2.24) is 0 Å². The Balaban J connectivity index is 2.47. The van der Waals surface area contributed by atoms with Gasteiger partial charge in [-0.05, 0) is 47.8 Å². The van der Waals surface area contributed by atoms with Crippen molar-refractivity contribution in [2.75, 3.05) is 13.2 Å². The van der Waals surface area contributed by atoms with Gasteiger partial charge in [-0.3, -0.25) is 4.99 Å². The van der Waals surface area contributed by atoms with E-state index in [1.807, 2.05) is 13.0 Å². The van der Waals surface area contributed by atoms with Crippen LogP contribution in [0.15, 0.2) is 39.8 Å². The molecule has 0 saturated heterocycles. The lowest BCUT2D eigenvalue weighted by atomic mass is 10.0. The van der Waals surface area contributed by atoms with Crippen molar-refractivity contribution in [3.63, 3.8) is 0 Å². The summed E-state index contributed by atoms with van der Waals surface area (Å²) < 4.78 is 26.8. The fourth-order valence-electron chi connectivity index (χ4n) is 2.68. The number of carbonyl (C=O) groups is 1. The summed E-state index contributed by atoms with van der Waals surface area (Å²) in [7, 11) is 0. The molecule has 0 heterocycles. The number of hydrogen-bond donors (Lipinski definition) is 0. The lowest BCUT2D eigenvalue weighted by molar-refractivity contribution is 0.0728. The first-order valence-electron chi connectivity index (χ1n) is 9.92. The molecular formula is C23H27BrFNO3. The Hall–Kier alpha value is -2.21. The topological polar surface area (TPSA) is 47.9 Å². The molecule has 0 N–H and O–H groups in total. The van der Waals surface area contributed by atoms with E-state index in [4.69, 9.17) is 9.47 Å². The fourth-order valence-corrected chi connectivity index (χ4v) is 3.26. The number of para-hydroxylation sites is 1. The highest BCUT2D eigenvalue weighted by Gasteiger charge is 2.27. The lowest BCUT2D eigenvalue weighted by Gasteiger charge is -2.18. The van der Waals surface area contributed by atoms with Gasteiger partial charge in [-0.15, -0.1) is 0 Å². The van der Waals surface area contributed by atoms with Crippen LogP contribution in [0.3, 0.4) is 0 Å². The number of esters is 1. The molecule has 0 saturated carbocycles. The smallest absolute Gasteiger partial charge is 0.347 e. The maximum Gasteiger partial charge on any atom is 0.347 e. The molecule has 0 aliphatic heterocycles. The first kappa shape index (κ1) is 23.1. The van der Waals surface area contributed by atoms with Crippen molar-refractivity contribution in [2.24, 2.45) is 4.99 Å². The van der Waals surface area contributed by atoms with Gasteiger partial charge in [0.1, 0.15) is 22.9 Å². The fraction of sp³-hybridized carbons (Fsp3) is 0.391. The molecule has 0 aromatic heterocycles. The van der Waals surface area contributed by atoms with Gasteiger partial charge in [-0.25, -0.2) is 9.18 Å². The van der Waals surface area contributed by atoms with Crippen LogP contribution in [0.2, 0.25) is 0 Å². The number of ether oxygens (including phenoxy) is 2. The highest BCUT2D eigenvalue weighted by atomic mass is 79.9. The molecule has 2 aromatic rings. The molecule has 4 nitrogen and oxygen atoms in total. The number of rotatable bonds is 10. The highest BCUT2D eigenvalue weighted by Crippen LogP contribution is 2.37. The van der Waals surface area contributed by atoms with E-state index in [2.05, 4.69) is 27.8 Å². The number of hydrogen-bond acceptors (Lipinski definition) is 4. The van der Waals surface area contributed by atoms with Gasteiger partial charge >= 0.3 is 5.97 Å². The largest absolute Gasteiger partial charge is 0.491 e. The van der Waals surface area contributed by atoms with Crippen LogP contribution in [0.25, 0.3) is 0 Å². The van der Waals surface area contributed by atoms with Gasteiger partial charge in [-0.1, -0.05) is 44.9 Å². The maximum absolute atomic E-state index is 15.1. The van der Waals surface area contributed by atoms with Crippen LogP contribution in [-0.2, 0) is 0 Å². The Morgan fingerprint density at radius 2 is 1.86 bits per heavy atom. The summed E-state index contributed by atoms with van der Waals surface area (Å²) in [5, 5.41) is 0. The average molecular weight is 464 g/mol. The van der Waals surface area contributed by atoms with Crippen molar-refractivity contribution in [3.05, 3.63) is 57.3 Å². The predicted octanol–water partition coefficient (Wildman–Crippen LogP) is 6.51. The normalized spacial score (nSPS) is 11.1. The van der Waals surface area contributed by atoms with E-state index in [1.165, 1.54) is 6.21 Å². The van der Waals surface area contributed by atoms with E-state index in [-0.39, 0.29) is 22.4 Å². The summed E-state index contributed by atoms with van der Waals surface area (Å²) in [6.45, 7) is 6.70. The lowest BCUT2D eigenvalue weighted by Crippen LogP contribution is -2.16. The van der Waals surface area contributed by atoms with E-state index in [1.54, 1.807) is 31.2 Å². The zero-order valence-electron chi connectivity index (χ0n) is 17.1. The van der Waals surface area contributed by atoms with Crippen molar-refractivity contribution in [1.29, 1.82) is 0 Å². The van der Waals surface area contributed by atoms with E-state index >= 15 is 4.39 Å². The molecule has 0 spiro atoms. The molecule has 0 bridgehead atoms. The summed E-state index contributed by atoms with van der Waals surface area (Å²) in [4.78, 5) is 17.2. The highest BCUT2D eigenvalue weighted by molar-refractivity contribution is 9.10. The molecule has 0 radical (unpaired) electrons. The average Bonchev–Trinajstić information content (AvgIpc) is 2.72. The van der Waals surface area contributed by atoms with E-state index in [9.17, 15) is 4.79 Å². The Kier molecular flexibility index (Phi) is 9.32. The van der Waals surface area contributed by atoms with E-state index < -0.39 is 11.8 Å². The van der Waals surface area contributed by atoms with Crippen LogP contribution in [-0.4, -0.2) is 25.3 Å². The first-order valence-corrected chi connectivity index (χ1v) is 10.7. The zero-order valence-corrected chi connectivity index (χ0v) is 18.7. The molecule has 2 rings (SSSR count). The van der Waals surface area contributed by atoms with Crippen molar-refractivity contribution >= 4 is 28.1 Å². The Morgan fingerprint density at radius 1 is 1.17 bits per heavy atom. The molecule has 0 unspecified atom stereocenters. The molecular weight excluding hydrogens is 437 g/mol. The number of benzene rings is 2. The first-order chi connectivity index (χ1) is 14.0. The molecule has 0 atom stereocenters. The Labute approximate surface area is 180 Å². The molecule has 0 fully saturated rings. The SMILES string of the molecule is CCCCN=Cc1c(F)c(C)c(C(=O)Oc2ccccc2)c(OCCCC)c1Br. The monoisotopic (exact) mass is 463 g/mol. The predicted molar refractivity (Wildman–Crippen MR) is 118 cm³/mol. The molecule has 0 aliphatic carbocycles. The molecule has 156 valence electrons. The van der Waals surface area contributed by atoms with Gasteiger partial charge in [0, 0.05) is 23.9 Å². The van der Waals surface area contributed by atoms with Crippen molar-refractivity contribution < 1.29 is 18.7 Å². The molecule has 0 aliphatic rings.